The summed E-state index contributed by atoms with van der Waals surface area (Å²) < 4.78 is 10.6. The number of nitrogens with one attached hydrogen (secondary N) is 1. The molecule has 0 radical (unpaired) electrons. The second-order valence-electron chi connectivity index (χ2n) is 4.23. The number of methoxy groups -OCH3 is 1. The number of hydrogen-bond donors (Lipinski definition) is 1. The molecule has 1 atom stereocenters. The first-order valence-corrected chi connectivity index (χ1v) is 6.40. The van der Waals surface area contributed by atoms with Crippen LogP contribution in [0.4, 0.5) is 0 Å². The molecule has 1 heterocycles. The van der Waals surface area contributed by atoms with Crippen LogP contribution in [0, 0.1) is 0 Å². The Morgan fingerprint density at radius 1 is 1.31 bits per heavy atom. The van der Waals surface area contributed by atoms with Gasteiger partial charge in [-0.15, -0.1) is 0 Å². The molecule has 0 aliphatic carbocycles. The summed E-state index contributed by atoms with van der Waals surface area (Å²) in [6, 6.07) is 0.715. The van der Waals surface area contributed by atoms with E-state index in [9.17, 15) is 0 Å². The van der Waals surface area contributed by atoms with E-state index in [-0.39, 0.29) is 0 Å². The van der Waals surface area contributed by atoms with Crippen LogP contribution in [-0.2, 0) is 9.47 Å². The number of rotatable bonds is 9. The minimum absolute atomic E-state index is 0.715. The summed E-state index contributed by atoms with van der Waals surface area (Å²) in [5.74, 6) is 0. The molecule has 0 aromatic rings. The highest BCUT2D eigenvalue weighted by molar-refractivity contribution is 4.79. The molecule has 0 bridgehead atoms. The molecular weight excluding hydrogens is 204 g/mol. The lowest BCUT2D eigenvalue weighted by Crippen LogP contribution is -2.38. The van der Waals surface area contributed by atoms with Crippen LogP contribution < -0.4 is 5.32 Å². The van der Waals surface area contributed by atoms with Crippen molar-refractivity contribution in [1.29, 1.82) is 0 Å². The van der Waals surface area contributed by atoms with E-state index in [4.69, 9.17) is 9.47 Å². The number of ether oxygens (including phenoxy) is 2. The van der Waals surface area contributed by atoms with E-state index >= 15 is 0 Å². The molecule has 0 saturated carbocycles. The smallest absolute Gasteiger partial charge is 0.0593 e. The van der Waals surface area contributed by atoms with Gasteiger partial charge in [0.2, 0.25) is 0 Å². The van der Waals surface area contributed by atoms with Crippen LogP contribution in [-0.4, -0.2) is 64.1 Å². The van der Waals surface area contributed by atoms with Crippen molar-refractivity contribution in [2.24, 2.45) is 0 Å². The Morgan fingerprint density at radius 2 is 2.19 bits per heavy atom. The van der Waals surface area contributed by atoms with Crippen LogP contribution in [0.1, 0.15) is 19.8 Å². The predicted octanol–water partition coefficient (Wildman–Crippen LogP) is 0.723. The molecular formula is C12H26N2O2. The van der Waals surface area contributed by atoms with Crippen LogP contribution in [0.15, 0.2) is 0 Å². The van der Waals surface area contributed by atoms with Gasteiger partial charge < -0.3 is 14.8 Å². The fourth-order valence-corrected chi connectivity index (χ4v) is 2.14. The third-order valence-electron chi connectivity index (χ3n) is 3.12. The molecule has 1 aliphatic heterocycles. The summed E-state index contributed by atoms with van der Waals surface area (Å²) in [4.78, 5) is 2.51. The molecule has 0 aromatic carbocycles. The number of nitrogens with zero attached hydrogens (tertiary/aromatic N) is 1. The van der Waals surface area contributed by atoms with Crippen LogP contribution in [0.2, 0.25) is 0 Å². The monoisotopic (exact) mass is 230 g/mol. The molecule has 1 saturated heterocycles. The Bertz CT molecular complexity index is 161. The molecule has 0 aromatic heterocycles. The summed E-state index contributed by atoms with van der Waals surface area (Å²) in [6.07, 6.45) is 2.27. The van der Waals surface area contributed by atoms with Gasteiger partial charge in [0.25, 0.3) is 0 Å². The van der Waals surface area contributed by atoms with Gasteiger partial charge in [-0.25, -0.2) is 0 Å². The standard InChI is InChI=1S/C12H26N2O2/c1-3-14(12-5-6-13-11-12)7-10-16-9-4-8-15-2/h12-13H,3-11H2,1-2H3. The topological polar surface area (TPSA) is 33.7 Å². The maximum absolute atomic E-state index is 5.59. The molecule has 4 heteroatoms. The van der Waals surface area contributed by atoms with E-state index in [0.29, 0.717) is 6.04 Å². The van der Waals surface area contributed by atoms with Gasteiger partial charge >= 0.3 is 0 Å². The molecule has 1 fully saturated rings. The van der Waals surface area contributed by atoms with Crippen molar-refractivity contribution in [1.82, 2.24) is 10.2 Å². The van der Waals surface area contributed by atoms with Crippen LogP contribution in [0.25, 0.3) is 0 Å². The fraction of sp³-hybridized carbons (Fsp3) is 1.00. The lowest BCUT2D eigenvalue weighted by molar-refractivity contribution is 0.0759. The van der Waals surface area contributed by atoms with Crippen molar-refractivity contribution in [3.63, 3.8) is 0 Å². The molecule has 4 nitrogen and oxygen atoms in total. The highest BCUT2D eigenvalue weighted by Crippen LogP contribution is 2.07. The average molecular weight is 230 g/mol. The van der Waals surface area contributed by atoms with Gasteiger partial charge in [0, 0.05) is 39.5 Å². The molecule has 0 amide bonds. The van der Waals surface area contributed by atoms with Crippen molar-refractivity contribution in [2.75, 3.05) is 53.1 Å². The predicted molar refractivity (Wildman–Crippen MR) is 65.8 cm³/mol. The first kappa shape index (κ1) is 13.9. The lowest BCUT2D eigenvalue weighted by atomic mass is 10.2. The van der Waals surface area contributed by atoms with Crippen molar-refractivity contribution in [3.8, 4) is 0 Å². The minimum Gasteiger partial charge on any atom is -0.385 e. The van der Waals surface area contributed by atoms with Crippen LogP contribution >= 0.6 is 0 Å². The number of likely N-dealkylation sites (N-methyl/N-ethyl adjacent to an activating group) is 1. The van der Waals surface area contributed by atoms with Gasteiger partial charge in [-0.1, -0.05) is 6.92 Å². The van der Waals surface area contributed by atoms with Crippen molar-refractivity contribution >= 4 is 0 Å². The van der Waals surface area contributed by atoms with Gasteiger partial charge in [-0.3, -0.25) is 4.90 Å². The molecule has 16 heavy (non-hydrogen) atoms. The van der Waals surface area contributed by atoms with E-state index < -0.39 is 0 Å². The zero-order valence-electron chi connectivity index (χ0n) is 10.7. The Morgan fingerprint density at radius 3 is 2.81 bits per heavy atom. The highest BCUT2D eigenvalue weighted by atomic mass is 16.5. The molecule has 1 rings (SSSR count). The Hall–Kier alpha value is -0.160. The second-order valence-corrected chi connectivity index (χ2v) is 4.23. The summed E-state index contributed by atoms with van der Waals surface area (Å²) >= 11 is 0. The largest absolute Gasteiger partial charge is 0.385 e. The van der Waals surface area contributed by atoms with E-state index in [1.54, 1.807) is 7.11 Å². The van der Waals surface area contributed by atoms with E-state index in [1.807, 2.05) is 0 Å². The van der Waals surface area contributed by atoms with E-state index in [2.05, 4.69) is 17.1 Å². The molecule has 1 aliphatic rings. The molecule has 96 valence electrons. The number of hydrogen-bond acceptors (Lipinski definition) is 4. The highest BCUT2D eigenvalue weighted by Gasteiger charge is 2.20. The SMILES string of the molecule is CCN(CCOCCCOC)C1CCNC1. The van der Waals surface area contributed by atoms with Crippen molar-refractivity contribution in [3.05, 3.63) is 0 Å². The fourth-order valence-electron chi connectivity index (χ4n) is 2.14. The third-order valence-corrected chi connectivity index (χ3v) is 3.12. The van der Waals surface area contributed by atoms with Crippen LogP contribution in [0.3, 0.4) is 0 Å². The van der Waals surface area contributed by atoms with Crippen molar-refractivity contribution in [2.45, 2.75) is 25.8 Å². The molecule has 1 unspecified atom stereocenters. The first-order valence-electron chi connectivity index (χ1n) is 6.40. The van der Waals surface area contributed by atoms with Gasteiger partial charge in [-0.2, -0.15) is 0 Å². The lowest BCUT2D eigenvalue weighted by Gasteiger charge is -2.26. The van der Waals surface area contributed by atoms with E-state index in [1.165, 1.54) is 6.42 Å². The Kier molecular flexibility index (Phi) is 7.76. The summed E-state index contributed by atoms with van der Waals surface area (Å²) in [5, 5.41) is 3.41. The summed E-state index contributed by atoms with van der Waals surface area (Å²) in [7, 11) is 1.73. The van der Waals surface area contributed by atoms with Crippen LogP contribution in [0.5, 0.6) is 0 Å². The van der Waals surface area contributed by atoms with E-state index in [0.717, 1.165) is 52.4 Å². The summed E-state index contributed by atoms with van der Waals surface area (Å²) in [5.41, 5.74) is 0. The first-order chi connectivity index (χ1) is 7.88. The van der Waals surface area contributed by atoms with Crippen molar-refractivity contribution < 1.29 is 9.47 Å². The third kappa shape index (κ3) is 5.25. The minimum atomic E-state index is 0.715. The second kappa shape index (κ2) is 8.93. The average Bonchev–Trinajstić information content (AvgIpc) is 2.82. The van der Waals surface area contributed by atoms with Gasteiger partial charge in [-0.05, 0) is 25.9 Å². The Balaban J connectivity index is 2.00. The normalized spacial score (nSPS) is 20.8. The molecule has 1 N–H and O–H groups in total. The zero-order chi connectivity index (χ0) is 11.6. The Labute approximate surface area is 99.3 Å². The molecule has 0 spiro atoms. The van der Waals surface area contributed by atoms with Gasteiger partial charge in [0.05, 0.1) is 6.61 Å². The quantitative estimate of drug-likeness (QED) is 0.592. The maximum Gasteiger partial charge on any atom is 0.0593 e. The maximum atomic E-state index is 5.59. The van der Waals surface area contributed by atoms with Gasteiger partial charge in [0.15, 0.2) is 0 Å². The zero-order valence-corrected chi connectivity index (χ0v) is 10.7. The van der Waals surface area contributed by atoms with Gasteiger partial charge in [0.1, 0.15) is 0 Å². The summed E-state index contributed by atoms with van der Waals surface area (Å²) in [6.45, 7) is 9.15.